The molecule has 0 spiro atoms. The van der Waals surface area contributed by atoms with Gasteiger partial charge in [-0.1, -0.05) is 6.92 Å². The van der Waals surface area contributed by atoms with Crippen LogP contribution in [0.1, 0.15) is 44.7 Å². The molecule has 0 aliphatic carbocycles. The molecule has 4 heteroatoms. The number of hydrogen-bond donors (Lipinski definition) is 1. The SMILES string of the molecule is CCCN(Cc1cnccn1)C1CC2CCC(C1)N2. The maximum absolute atomic E-state index is 4.43. The summed E-state index contributed by atoms with van der Waals surface area (Å²) in [4.78, 5) is 11.2. The van der Waals surface area contributed by atoms with Gasteiger partial charge in [0.2, 0.25) is 0 Å². The number of piperidine rings is 1. The van der Waals surface area contributed by atoms with Crippen LogP contribution in [0.3, 0.4) is 0 Å². The van der Waals surface area contributed by atoms with Crippen LogP contribution in [0.4, 0.5) is 0 Å². The van der Waals surface area contributed by atoms with Crippen molar-refractivity contribution in [1.29, 1.82) is 0 Å². The van der Waals surface area contributed by atoms with E-state index in [1.54, 1.807) is 12.4 Å². The molecule has 0 saturated carbocycles. The Bertz CT molecular complexity index is 382. The van der Waals surface area contributed by atoms with Crippen LogP contribution in [0.25, 0.3) is 0 Å². The van der Waals surface area contributed by atoms with Crippen LogP contribution < -0.4 is 5.32 Å². The van der Waals surface area contributed by atoms with Crippen molar-refractivity contribution in [2.45, 2.75) is 63.7 Å². The van der Waals surface area contributed by atoms with Crippen LogP contribution >= 0.6 is 0 Å². The van der Waals surface area contributed by atoms with Crippen molar-refractivity contribution >= 4 is 0 Å². The number of hydrogen-bond acceptors (Lipinski definition) is 4. The molecule has 2 saturated heterocycles. The van der Waals surface area contributed by atoms with Crippen molar-refractivity contribution in [3.63, 3.8) is 0 Å². The molecule has 2 aliphatic rings. The molecule has 1 aromatic rings. The molecule has 1 N–H and O–H groups in total. The van der Waals surface area contributed by atoms with Crippen molar-refractivity contribution in [3.05, 3.63) is 24.3 Å². The molecule has 0 amide bonds. The first-order valence-corrected chi connectivity index (χ1v) is 7.60. The number of nitrogens with one attached hydrogen (secondary N) is 1. The number of rotatable bonds is 5. The minimum absolute atomic E-state index is 0.723. The zero-order chi connectivity index (χ0) is 13.1. The van der Waals surface area contributed by atoms with Crippen molar-refractivity contribution in [3.8, 4) is 0 Å². The van der Waals surface area contributed by atoms with Gasteiger partial charge in [0, 0.05) is 43.3 Å². The highest BCUT2D eigenvalue weighted by Crippen LogP contribution is 2.30. The number of nitrogens with zero attached hydrogens (tertiary/aromatic N) is 3. The van der Waals surface area contributed by atoms with Crippen LogP contribution in [0.5, 0.6) is 0 Å². The summed E-state index contributed by atoms with van der Waals surface area (Å²) < 4.78 is 0. The molecule has 3 heterocycles. The van der Waals surface area contributed by atoms with Crippen molar-refractivity contribution in [2.24, 2.45) is 0 Å². The Morgan fingerprint density at radius 2 is 2.05 bits per heavy atom. The Morgan fingerprint density at radius 3 is 2.68 bits per heavy atom. The van der Waals surface area contributed by atoms with Crippen LogP contribution in [0.15, 0.2) is 18.6 Å². The summed E-state index contributed by atoms with van der Waals surface area (Å²) in [7, 11) is 0. The molecule has 19 heavy (non-hydrogen) atoms. The van der Waals surface area contributed by atoms with E-state index >= 15 is 0 Å². The second kappa shape index (κ2) is 5.97. The summed E-state index contributed by atoms with van der Waals surface area (Å²) in [5.74, 6) is 0. The molecule has 2 bridgehead atoms. The molecule has 1 aromatic heterocycles. The van der Waals surface area contributed by atoms with Gasteiger partial charge in [-0.3, -0.25) is 14.9 Å². The van der Waals surface area contributed by atoms with Crippen LogP contribution in [-0.4, -0.2) is 39.5 Å². The molecule has 2 fully saturated rings. The molecule has 2 atom stereocenters. The quantitative estimate of drug-likeness (QED) is 0.879. The van der Waals surface area contributed by atoms with Gasteiger partial charge in [-0.15, -0.1) is 0 Å². The first kappa shape index (κ1) is 13.0. The van der Waals surface area contributed by atoms with E-state index in [0.717, 1.165) is 30.4 Å². The van der Waals surface area contributed by atoms with Crippen molar-refractivity contribution in [1.82, 2.24) is 20.2 Å². The summed E-state index contributed by atoms with van der Waals surface area (Å²) in [6, 6.07) is 2.23. The fraction of sp³-hybridized carbons (Fsp3) is 0.733. The fourth-order valence-electron chi connectivity index (χ4n) is 3.62. The molecule has 0 aromatic carbocycles. The third kappa shape index (κ3) is 3.12. The first-order chi connectivity index (χ1) is 9.35. The normalized spacial score (nSPS) is 29.9. The lowest BCUT2D eigenvalue weighted by Gasteiger charge is -2.37. The second-order valence-electron chi connectivity index (χ2n) is 5.93. The van der Waals surface area contributed by atoms with E-state index < -0.39 is 0 Å². The van der Waals surface area contributed by atoms with E-state index in [2.05, 4.69) is 27.1 Å². The van der Waals surface area contributed by atoms with Gasteiger partial charge in [-0.25, -0.2) is 0 Å². The van der Waals surface area contributed by atoms with Gasteiger partial charge in [-0.05, 0) is 38.6 Å². The predicted octanol–water partition coefficient (Wildman–Crippen LogP) is 1.97. The second-order valence-corrected chi connectivity index (χ2v) is 5.93. The summed E-state index contributed by atoms with van der Waals surface area (Å²) in [6.07, 6.45) is 12.0. The van der Waals surface area contributed by atoms with E-state index in [1.165, 1.54) is 38.6 Å². The summed E-state index contributed by atoms with van der Waals surface area (Å²) in [6.45, 7) is 4.38. The average Bonchev–Trinajstić information content (AvgIpc) is 2.78. The van der Waals surface area contributed by atoms with Crippen molar-refractivity contribution < 1.29 is 0 Å². The summed E-state index contributed by atoms with van der Waals surface area (Å²) >= 11 is 0. The maximum Gasteiger partial charge on any atom is 0.0726 e. The van der Waals surface area contributed by atoms with Crippen molar-refractivity contribution in [2.75, 3.05) is 6.54 Å². The van der Waals surface area contributed by atoms with Crippen LogP contribution in [0, 0.1) is 0 Å². The largest absolute Gasteiger partial charge is 0.311 e. The lowest BCUT2D eigenvalue weighted by atomic mass is 9.97. The van der Waals surface area contributed by atoms with E-state index in [0.29, 0.717) is 0 Å². The van der Waals surface area contributed by atoms with Gasteiger partial charge in [0.25, 0.3) is 0 Å². The van der Waals surface area contributed by atoms with Crippen LogP contribution in [-0.2, 0) is 6.54 Å². The highest BCUT2D eigenvalue weighted by molar-refractivity contribution is 4.99. The van der Waals surface area contributed by atoms with Gasteiger partial charge < -0.3 is 5.32 Å². The minimum atomic E-state index is 0.723. The van der Waals surface area contributed by atoms with E-state index in [1.807, 2.05) is 6.20 Å². The number of aromatic nitrogens is 2. The lowest BCUT2D eigenvalue weighted by molar-refractivity contribution is 0.132. The molecule has 0 radical (unpaired) electrons. The Morgan fingerprint density at radius 1 is 1.26 bits per heavy atom. The smallest absolute Gasteiger partial charge is 0.0726 e. The number of fused-ring (bicyclic) bond motifs is 2. The van der Waals surface area contributed by atoms with Gasteiger partial charge in [0.05, 0.1) is 5.69 Å². The summed E-state index contributed by atoms with van der Waals surface area (Å²) in [5.41, 5.74) is 1.10. The predicted molar refractivity (Wildman–Crippen MR) is 75.7 cm³/mol. The van der Waals surface area contributed by atoms with E-state index in [-0.39, 0.29) is 0 Å². The molecule has 104 valence electrons. The van der Waals surface area contributed by atoms with Gasteiger partial charge in [0.1, 0.15) is 0 Å². The standard InChI is InChI=1S/C15H24N4/c1-2-7-19(11-14-10-16-5-6-17-14)15-8-12-3-4-13(9-15)18-12/h5-6,10,12-13,15,18H,2-4,7-9,11H2,1H3. The maximum atomic E-state index is 4.43. The Hall–Kier alpha value is -1.00. The highest BCUT2D eigenvalue weighted by atomic mass is 15.2. The third-order valence-corrected chi connectivity index (χ3v) is 4.46. The van der Waals surface area contributed by atoms with E-state index in [4.69, 9.17) is 0 Å². The zero-order valence-corrected chi connectivity index (χ0v) is 11.8. The molecule has 2 aliphatic heterocycles. The van der Waals surface area contributed by atoms with Gasteiger partial charge >= 0.3 is 0 Å². The Balaban J connectivity index is 1.66. The topological polar surface area (TPSA) is 41.1 Å². The van der Waals surface area contributed by atoms with Gasteiger partial charge in [-0.2, -0.15) is 0 Å². The average molecular weight is 260 g/mol. The molecule has 4 nitrogen and oxygen atoms in total. The van der Waals surface area contributed by atoms with E-state index in [9.17, 15) is 0 Å². The molecule has 3 rings (SSSR count). The molecular formula is C15H24N4. The lowest BCUT2D eigenvalue weighted by Crippen LogP contribution is -2.48. The molecular weight excluding hydrogens is 236 g/mol. The Labute approximate surface area is 115 Å². The van der Waals surface area contributed by atoms with Gasteiger partial charge in [0.15, 0.2) is 0 Å². The third-order valence-electron chi connectivity index (χ3n) is 4.46. The summed E-state index contributed by atoms with van der Waals surface area (Å²) in [5, 5.41) is 3.73. The first-order valence-electron chi connectivity index (χ1n) is 7.60. The van der Waals surface area contributed by atoms with Crippen LogP contribution in [0.2, 0.25) is 0 Å². The monoisotopic (exact) mass is 260 g/mol. The Kier molecular flexibility index (Phi) is 4.09. The zero-order valence-electron chi connectivity index (χ0n) is 11.8. The molecule has 2 unspecified atom stereocenters. The fourth-order valence-corrected chi connectivity index (χ4v) is 3.62. The minimum Gasteiger partial charge on any atom is -0.311 e. The highest BCUT2D eigenvalue weighted by Gasteiger charge is 2.35.